The molecule has 23 heavy (non-hydrogen) atoms. The molecule has 0 saturated heterocycles. The Hall–Kier alpha value is -3.39. The summed E-state index contributed by atoms with van der Waals surface area (Å²) in [4.78, 5) is 6.90. The monoisotopic (exact) mass is 316 g/mol. The van der Waals surface area contributed by atoms with E-state index >= 15 is 0 Å². The van der Waals surface area contributed by atoms with Gasteiger partial charge in [-0.3, -0.25) is 0 Å². The van der Waals surface area contributed by atoms with Crippen LogP contribution >= 0.6 is 0 Å². The van der Waals surface area contributed by atoms with Gasteiger partial charge in [0, 0.05) is 6.20 Å². The highest BCUT2D eigenvalue weighted by Crippen LogP contribution is 2.29. The Morgan fingerprint density at radius 1 is 1.17 bits per heavy atom. The summed E-state index contributed by atoms with van der Waals surface area (Å²) in [5, 5.41) is 17.4. The number of halogens is 3. The lowest BCUT2D eigenvalue weighted by Gasteiger charge is -2.08. The molecule has 0 aliphatic rings. The van der Waals surface area contributed by atoms with Crippen molar-refractivity contribution in [3.05, 3.63) is 53.4 Å². The highest BCUT2D eigenvalue weighted by Gasteiger charge is 2.33. The third kappa shape index (κ3) is 4.29. The van der Waals surface area contributed by atoms with Crippen LogP contribution in [0.15, 0.2) is 42.1 Å². The molecule has 114 valence electrons. The van der Waals surface area contributed by atoms with E-state index < -0.39 is 17.9 Å². The normalized spacial score (nSPS) is 10.3. The van der Waals surface area contributed by atoms with Gasteiger partial charge < -0.3 is 4.74 Å². The minimum atomic E-state index is -4.60. The lowest BCUT2D eigenvalue weighted by Crippen LogP contribution is -2.08. The van der Waals surface area contributed by atoms with Gasteiger partial charge in [0.15, 0.2) is 5.69 Å². The fourth-order valence-electron chi connectivity index (χ4n) is 1.58. The molecule has 0 aliphatic heterocycles. The van der Waals surface area contributed by atoms with Crippen LogP contribution in [-0.2, 0) is 6.18 Å². The summed E-state index contributed by atoms with van der Waals surface area (Å²) in [6.07, 6.45) is -2.33. The third-order valence-electron chi connectivity index (χ3n) is 2.54. The van der Waals surface area contributed by atoms with Gasteiger partial charge in [-0.05, 0) is 29.8 Å². The van der Waals surface area contributed by atoms with E-state index in [-0.39, 0.29) is 11.3 Å². The zero-order valence-electron chi connectivity index (χ0n) is 11.4. The maximum absolute atomic E-state index is 12.6. The number of hydrogen-bond acceptors (Lipinski definition) is 5. The third-order valence-corrected chi connectivity index (χ3v) is 2.54. The average molecular weight is 316 g/mol. The maximum atomic E-state index is 12.6. The van der Waals surface area contributed by atoms with E-state index in [9.17, 15) is 13.2 Å². The van der Waals surface area contributed by atoms with Gasteiger partial charge in [0.2, 0.25) is 0 Å². The number of ether oxygens (including phenoxy) is 1. The van der Waals surface area contributed by atoms with Crippen molar-refractivity contribution in [1.29, 1.82) is 10.5 Å². The molecule has 0 atom stereocenters. The first-order valence-electron chi connectivity index (χ1n) is 6.12. The first-order chi connectivity index (χ1) is 10.9. The number of hydrogen-bond donors (Lipinski definition) is 0. The standard InChI is InChI=1S/C15H7F3N4O/c16-15(17,18)13-4-5-21-14(22-13)23-12-3-1-2-10(7-12)6-11(8-19)9-20/h1-7H. The van der Waals surface area contributed by atoms with Crippen LogP contribution in [0, 0.1) is 22.7 Å². The van der Waals surface area contributed by atoms with Crippen molar-refractivity contribution in [2.24, 2.45) is 0 Å². The van der Waals surface area contributed by atoms with Crippen LogP contribution < -0.4 is 4.74 Å². The van der Waals surface area contributed by atoms with Crippen molar-refractivity contribution in [2.45, 2.75) is 6.18 Å². The minimum Gasteiger partial charge on any atom is -0.424 e. The zero-order chi connectivity index (χ0) is 16.9. The molecule has 0 fully saturated rings. The highest BCUT2D eigenvalue weighted by atomic mass is 19.4. The van der Waals surface area contributed by atoms with Crippen molar-refractivity contribution in [3.8, 4) is 23.9 Å². The number of nitrogens with zero attached hydrogens (tertiary/aromatic N) is 4. The molecule has 0 unspecified atom stereocenters. The molecular formula is C15H7F3N4O. The summed E-state index contributed by atoms with van der Waals surface area (Å²) in [5.74, 6) is 0.174. The van der Waals surface area contributed by atoms with E-state index in [1.807, 2.05) is 0 Å². The fraction of sp³-hybridized carbons (Fsp3) is 0.0667. The van der Waals surface area contributed by atoms with Crippen LogP contribution in [0.5, 0.6) is 11.8 Å². The second-order valence-corrected chi connectivity index (χ2v) is 4.18. The number of alkyl halides is 3. The molecule has 8 heteroatoms. The Morgan fingerprint density at radius 3 is 2.57 bits per heavy atom. The van der Waals surface area contributed by atoms with Crippen LogP contribution in [0.2, 0.25) is 0 Å². The summed E-state index contributed by atoms with van der Waals surface area (Å²) in [5.41, 5.74) is -0.750. The van der Waals surface area contributed by atoms with Crippen molar-refractivity contribution in [2.75, 3.05) is 0 Å². The van der Waals surface area contributed by atoms with Gasteiger partial charge in [-0.1, -0.05) is 12.1 Å². The molecule has 2 rings (SSSR count). The molecular weight excluding hydrogens is 309 g/mol. The molecule has 1 aromatic carbocycles. The summed E-state index contributed by atoms with van der Waals surface area (Å²) in [7, 11) is 0. The van der Waals surface area contributed by atoms with E-state index in [2.05, 4.69) is 9.97 Å². The molecule has 0 amide bonds. The molecule has 1 aromatic heterocycles. The first kappa shape index (κ1) is 16.0. The summed E-state index contributed by atoms with van der Waals surface area (Å²) in [6.45, 7) is 0. The van der Waals surface area contributed by atoms with E-state index in [1.54, 1.807) is 24.3 Å². The second kappa shape index (κ2) is 6.58. The van der Waals surface area contributed by atoms with Crippen molar-refractivity contribution in [3.63, 3.8) is 0 Å². The Bertz CT molecular complexity index is 816. The summed E-state index contributed by atoms with van der Waals surface area (Å²) in [6, 6.07) is 9.77. The van der Waals surface area contributed by atoms with Crippen molar-refractivity contribution in [1.82, 2.24) is 9.97 Å². The van der Waals surface area contributed by atoms with Gasteiger partial charge in [-0.15, -0.1) is 0 Å². The van der Waals surface area contributed by atoms with Crippen LogP contribution in [0.4, 0.5) is 13.2 Å². The molecule has 0 aliphatic carbocycles. The quantitative estimate of drug-likeness (QED) is 0.806. The Kier molecular flexibility index (Phi) is 4.58. The second-order valence-electron chi connectivity index (χ2n) is 4.18. The average Bonchev–Trinajstić information content (AvgIpc) is 2.52. The van der Waals surface area contributed by atoms with Gasteiger partial charge in [-0.25, -0.2) is 4.98 Å². The van der Waals surface area contributed by atoms with Gasteiger partial charge in [0.1, 0.15) is 23.5 Å². The summed E-state index contributed by atoms with van der Waals surface area (Å²) < 4.78 is 42.9. The first-order valence-corrected chi connectivity index (χ1v) is 6.12. The van der Waals surface area contributed by atoms with Crippen molar-refractivity contribution >= 4 is 6.08 Å². The Morgan fingerprint density at radius 2 is 1.91 bits per heavy atom. The van der Waals surface area contributed by atoms with Crippen LogP contribution in [0.1, 0.15) is 11.3 Å². The maximum Gasteiger partial charge on any atom is 0.433 e. The topological polar surface area (TPSA) is 82.6 Å². The number of rotatable bonds is 3. The van der Waals surface area contributed by atoms with Crippen LogP contribution in [-0.4, -0.2) is 9.97 Å². The Labute approximate surface area is 128 Å². The largest absolute Gasteiger partial charge is 0.433 e. The van der Waals surface area contributed by atoms with Gasteiger partial charge in [-0.2, -0.15) is 28.7 Å². The van der Waals surface area contributed by atoms with Gasteiger partial charge in [0.25, 0.3) is 0 Å². The van der Waals surface area contributed by atoms with E-state index in [0.717, 1.165) is 12.3 Å². The van der Waals surface area contributed by atoms with Crippen LogP contribution in [0.25, 0.3) is 6.08 Å². The highest BCUT2D eigenvalue weighted by molar-refractivity contribution is 5.62. The SMILES string of the molecule is N#CC(C#N)=Cc1cccc(Oc2nccc(C(F)(F)F)n2)c1. The van der Waals surface area contributed by atoms with E-state index in [4.69, 9.17) is 15.3 Å². The number of allylic oxidation sites excluding steroid dienone is 1. The van der Waals surface area contributed by atoms with Crippen LogP contribution in [0.3, 0.4) is 0 Å². The minimum absolute atomic E-state index is 0.113. The zero-order valence-corrected chi connectivity index (χ0v) is 11.4. The number of aromatic nitrogens is 2. The molecule has 1 heterocycles. The molecule has 2 aromatic rings. The van der Waals surface area contributed by atoms with Gasteiger partial charge >= 0.3 is 12.2 Å². The van der Waals surface area contributed by atoms with E-state index in [0.29, 0.717) is 5.56 Å². The molecule has 5 nitrogen and oxygen atoms in total. The smallest absolute Gasteiger partial charge is 0.424 e. The molecule has 0 bridgehead atoms. The Balaban J connectivity index is 2.27. The molecule has 0 spiro atoms. The van der Waals surface area contributed by atoms with Crippen molar-refractivity contribution < 1.29 is 17.9 Å². The summed E-state index contributed by atoms with van der Waals surface area (Å²) >= 11 is 0. The van der Waals surface area contributed by atoms with Gasteiger partial charge in [0.05, 0.1) is 0 Å². The predicted molar refractivity (Wildman–Crippen MR) is 72.8 cm³/mol. The molecule has 0 radical (unpaired) electrons. The predicted octanol–water partition coefficient (Wildman–Crippen LogP) is 3.72. The number of benzene rings is 1. The lowest BCUT2D eigenvalue weighted by molar-refractivity contribution is -0.141. The lowest BCUT2D eigenvalue weighted by atomic mass is 10.1. The number of nitriles is 2. The fourth-order valence-corrected chi connectivity index (χ4v) is 1.58. The molecule has 0 saturated carbocycles. The van der Waals surface area contributed by atoms with E-state index in [1.165, 1.54) is 18.2 Å². The molecule has 0 N–H and O–H groups in total.